The third-order valence-electron chi connectivity index (χ3n) is 3.87. The molecule has 4 heteroatoms. The molecule has 4 nitrogen and oxygen atoms in total. The first-order valence-electron chi connectivity index (χ1n) is 7.98. The Morgan fingerprint density at radius 2 is 1.65 bits per heavy atom. The summed E-state index contributed by atoms with van der Waals surface area (Å²) in [7, 11) is 1.65. The van der Waals surface area contributed by atoms with Crippen LogP contribution >= 0.6 is 0 Å². The molecular weight excluding hydrogens is 288 g/mol. The van der Waals surface area contributed by atoms with Crippen molar-refractivity contribution in [3.63, 3.8) is 0 Å². The first kappa shape index (κ1) is 16.9. The van der Waals surface area contributed by atoms with E-state index in [0.717, 1.165) is 35.7 Å². The molecule has 2 rings (SSSR count). The number of carbonyl (C=O) groups excluding carboxylic acids is 1. The predicted molar refractivity (Wildman–Crippen MR) is 95.4 cm³/mol. The molecule has 23 heavy (non-hydrogen) atoms. The molecular formula is C19H24N2O2. The number of amides is 1. The molecule has 0 atom stereocenters. The normalized spacial score (nSPS) is 10.4. The van der Waals surface area contributed by atoms with Gasteiger partial charge in [0.25, 0.3) is 0 Å². The minimum atomic E-state index is 0.0737. The van der Waals surface area contributed by atoms with E-state index in [4.69, 9.17) is 4.74 Å². The molecule has 0 aliphatic rings. The van der Waals surface area contributed by atoms with E-state index in [9.17, 15) is 4.79 Å². The summed E-state index contributed by atoms with van der Waals surface area (Å²) in [6.45, 7) is 4.07. The lowest BCUT2D eigenvalue weighted by Crippen LogP contribution is -2.21. The number of anilines is 3. The van der Waals surface area contributed by atoms with Gasteiger partial charge in [0.05, 0.1) is 7.11 Å². The molecule has 0 saturated heterocycles. The Kier molecular flexibility index (Phi) is 6.03. The molecule has 0 bridgehead atoms. The van der Waals surface area contributed by atoms with E-state index in [1.54, 1.807) is 7.11 Å². The molecule has 0 unspecified atom stereocenters. The first-order valence-corrected chi connectivity index (χ1v) is 7.98. The molecule has 122 valence electrons. The van der Waals surface area contributed by atoms with Crippen LogP contribution in [-0.4, -0.2) is 13.0 Å². The fourth-order valence-corrected chi connectivity index (χ4v) is 2.41. The number of benzene rings is 2. The van der Waals surface area contributed by atoms with Crippen molar-refractivity contribution in [2.24, 2.45) is 5.92 Å². The zero-order valence-corrected chi connectivity index (χ0v) is 13.9. The average Bonchev–Trinajstić information content (AvgIpc) is 2.58. The van der Waals surface area contributed by atoms with Crippen LogP contribution in [0.4, 0.5) is 17.1 Å². The van der Waals surface area contributed by atoms with Crippen LogP contribution in [0.3, 0.4) is 0 Å². The summed E-state index contributed by atoms with van der Waals surface area (Å²) in [4.78, 5) is 12.1. The van der Waals surface area contributed by atoms with Gasteiger partial charge in [-0.15, -0.1) is 0 Å². The highest BCUT2D eigenvalue weighted by atomic mass is 16.5. The molecule has 0 aliphatic carbocycles. The van der Waals surface area contributed by atoms with Crippen LogP contribution in [0.15, 0.2) is 48.5 Å². The summed E-state index contributed by atoms with van der Waals surface area (Å²) in [6, 6.07) is 15.5. The van der Waals surface area contributed by atoms with Crippen LogP contribution < -0.4 is 15.4 Å². The smallest absolute Gasteiger partial charge is 0.227 e. The predicted octanol–water partition coefficient (Wildman–Crippen LogP) is 4.81. The van der Waals surface area contributed by atoms with Crippen molar-refractivity contribution in [1.82, 2.24) is 0 Å². The summed E-state index contributed by atoms with van der Waals surface area (Å²) in [5.74, 6) is 0.970. The number of nitrogens with one attached hydrogen (secondary N) is 2. The molecule has 0 aliphatic heterocycles. The highest BCUT2D eigenvalue weighted by Crippen LogP contribution is 2.23. The van der Waals surface area contributed by atoms with Crippen LogP contribution in [-0.2, 0) is 4.79 Å². The summed E-state index contributed by atoms with van der Waals surface area (Å²) >= 11 is 0. The largest absolute Gasteiger partial charge is 0.497 e. The van der Waals surface area contributed by atoms with Gasteiger partial charge in [-0.3, -0.25) is 4.79 Å². The van der Waals surface area contributed by atoms with Gasteiger partial charge >= 0.3 is 0 Å². The second kappa shape index (κ2) is 8.22. The Morgan fingerprint density at radius 1 is 1.00 bits per heavy atom. The maximum atomic E-state index is 12.1. The van der Waals surface area contributed by atoms with Gasteiger partial charge in [0.15, 0.2) is 0 Å². The minimum absolute atomic E-state index is 0.0737. The van der Waals surface area contributed by atoms with Gasteiger partial charge in [-0.2, -0.15) is 0 Å². The van der Waals surface area contributed by atoms with Crippen molar-refractivity contribution in [3.8, 4) is 5.75 Å². The number of rotatable bonds is 7. The summed E-state index contributed by atoms with van der Waals surface area (Å²) in [5, 5.41) is 6.28. The van der Waals surface area contributed by atoms with E-state index in [-0.39, 0.29) is 11.8 Å². The number of ether oxygens (including phenoxy) is 1. The van der Waals surface area contributed by atoms with E-state index in [0.29, 0.717) is 0 Å². The molecule has 0 aromatic heterocycles. The Bertz CT molecular complexity index is 634. The highest BCUT2D eigenvalue weighted by molar-refractivity contribution is 5.92. The maximum Gasteiger partial charge on any atom is 0.227 e. The number of hydrogen-bond acceptors (Lipinski definition) is 3. The number of hydrogen-bond donors (Lipinski definition) is 2. The lowest BCUT2D eigenvalue weighted by Gasteiger charge is -2.13. The van der Waals surface area contributed by atoms with Crippen LogP contribution in [0, 0.1) is 5.92 Å². The Balaban J connectivity index is 2.00. The minimum Gasteiger partial charge on any atom is -0.497 e. The van der Waals surface area contributed by atoms with Crippen LogP contribution in [0.1, 0.15) is 26.7 Å². The zero-order chi connectivity index (χ0) is 16.7. The fraction of sp³-hybridized carbons (Fsp3) is 0.316. The summed E-state index contributed by atoms with van der Waals surface area (Å²) in [6.07, 6.45) is 1.72. The number of carbonyl (C=O) groups is 1. The van der Waals surface area contributed by atoms with E-state index in [1.165, 1.54) is 0 Å². The quantitative estimate of drug-likeness (QED) is 0.771. The maximum absolute atomic E-state index is 12.1. The van der Waals surface area contributed by atoms with Crippen LogP contribution in [0.2, 0.25) is 0 Å². The molecule has 0 spiro atoms. The molecule has 2 aromatic rings. The highest BCUT2D eigenvalue weighted by Gasteiger charge is 2.13. The molecule has 1 amide bonds. The van der Waals surface area contributed by atoms with Gasteiger partial charge in [0.1, 0.15) is 5.75 Å². The van der Waals surface area contributed by atoms with Gasteiger partial charge in [-0.1, -0.05) is 19.9 Å². The molecule has 0 radical (unpaired) electrons. The Morgan fingerprint density at radius 3 is 2.26 bits per heavy atom. The lowest BCUT2D eigenvalue weighted by atomic mass is 10.0. The van der Waals surface area contributed by atoms with Crippen molar-refractivity contribution >= 4 is 23.0 Å². The molecule has 2 aromatic carbocycles. The summed E-state index contributed by atoms with van der Waals surface area (Å²) in [5.41, 5.74) is 2.73. The fourth-order valence-electron chi connectivity index (χ4n) is 2.41. The van der Waals surface area contributed by atoms with Gasteiger partial charge in [0, 0.05) is 29.0 Å². The molecule has 0 heterocycles. The van der Waals surface area contributed by atoms with Crippen LogP contribution in [0.5, 0.6) is 5.75 Å². The number of methoxy groups -OCH3 is 1. The summed E-state index contributed by atoms with van der Waals surface area (Å²) < 4.78 is 5.21. The van der Waals surface area contributed by atoms with E-state index >= 15 is 0 Å². The molecule has 0 saturated carbocycles. The van der Waals surface area contributed by atoms with Crippen molar-refractivity contribution < 1.29 is 9.53 Å². The second-order valence-corrected chi connectivity index (χ2v) is 5.44. The van der Waals surface area contributed by atoms with Gasteiger partial charge in [-0.05, 0) is 49.2 Å². The SMILES string of the molecule is CCC(CC)C(=O)Nc1ccc(Nc2cccc(OC)c2)cc1. The van der Waals surface area contributed by atoms with Gasteiger partial charge in [0.2, 0.25) is 5.91 Å². The third-order valence-corrected chi connectivity index (χ3v) is 3.87. The molecule has 0 fully saturated rings. The van der Waals surface area contributed by atoms with Crippen molar-refractivity contribution in [3.05, 3.63) is 48.5 Å². The monoisotopic (exact) mass is 312 g/mol. The van der Waals surface area contributed by atoms with E-state index < -0.39 is 0 Å². The van der Waals surface area contributed by atoms with E-state index in [2.05, 4.69) is 10.6 Å². The van der Waals surface area contributed by atoms with Gasteiger partial charge in [-0.25, -0.2) is 0 Å². The van der Waals surface area contributed by atoms with Crippen molar-refractivity contribution in [2.45, 2.75) is 26.7 Å². The Labute approximate surface area is 137 Å². The topological polar surface area (TPSA) is 50.4 Å². The lowest BCUT2D eigenvalue weighted by molar-refractivity contribution is -0.120. The second-order valence-electron chi connectivity index (χ2n) is 5.44. The van der Waals surface area contributed by atoms with Crippen LogP contribution in [0.25, 0.3) is 0 Å². The van der Waals surface area contributed by atoms with Gasteiger partial charge < -0.3 is 15.4 Å². The van der Waals surface area contributed by atoms with Crippen molar-refractivity contribution in [1.29, 1.82) is 0 Å². The van der Waals surface area contributed by atoms with Crippen molar-refractivity contribution in [2.75, 3.05) is 17.7 Å². The standard InChI is InChI=1S/C19H24N2O2/c1-4-14(5-2)19(22)21-16-11-9-15(10-12-16)20-17-7-6-8-18(13-17)23-3/h6-14,20H,4-5H2,1-3H3,(H,21,22). The first-order chi connectivity index (χ1) is 11.2. The third kappa shape index (κ3) is 4.74. The van der Waals surface area contributed by atoms with E-state index in [1.807, 2.05) is 62.4 Å². The zero-order valence-electron chi connectivity index (χ0n) is 13.9. The molecule has 2 N–H and O–H groups in total. The Hall–Kier alpha value is -2.49. The average molecular weight is 312 g/mol.